The zero-order valence-corrected chi connectivity index (χ0v) is 15.1. The van der Waals surface area contributed by atoms with Crippen molar-refractivity contribution in [2.75, 3.05) is 13.2 Å². The second-order valence-corrected chi connectivity index (χ2v) is 5.91. The maximum atomic E-state index is 12.6. The van der Waals surface area contributed by atoms with Crippen LogP contribution in [-0.4, -0.2) is 23.8 Å². The molecular formula is C21H23NO3. The van der Waals surface area contributed by atoms with E-state index >= 15 is 0 Å². The Bertz CT molecular complexity index is 924. The first-order valence-electron chi connectivity index (χ1n) is 8.59. The molecule has 3 aromatic rings. The molecule has 25 heavy (non-hydrogen) atoms. The van der Waals surface area contributed by atoms with Crippen molar-refractivity contribution in [2.24, 2.45) is 0 Å². The highest BCUT2D eigenvalue weighted by molar-refractivity contribution is 6.07. The van der Waals surface area contributed by atoms with Gasteiger partial charge in [-0.1, -0.05) is 18.2 Å². The van der Waals surface area contributed by atoms with Crippen LogP contribution in [0, 0.1) is 13.8 Å². The smallest absolute Gasteiger partial charge is 0.340 e. The van der Waals surface area contributed by atoms with Crippen molar-refractivity contribution in [1.29, 1.82) is 0 Å². The number of aromatic nitrogens is 1. The van der Waals surface area contributed by atoms with Gasteiger partial charge in [-0.3, -0.25) is 0 Å². The SMILES string of the molecule is CCOC(=O)c1c(C)n(-c2ccccc2C)c2ccc(OCC)cc12. The van der Waals surface area contributed by atoms with Crippen molar-refractivity contribution in [2.45, 2.75) is 27.7 Å². The van der Waals surface area contributed by atoms with Gasteiger partial charge in [-0.25, -0.2) is 4.79 Å². The largest absolute Gasteiger partial charge is 0.494 e. The van der Waals surface area contributed by atoms with Gasteiger partial charge in [0.2, 0.25) is 0 Å². The molecule has 3 rings (SSSR count). The predicted molar refractivity (Wildman–Crippen MR) is 99.9 cm³/mol. The van der Waals surface area contributed by atoms with Crippen LogP contribution in [0.1, 0.15) is 35.5 Å². The van der Waals surface area contributed by atoms with Crippen LogP contribution in [0.15, 0.2) is 42.5 Å². The van der Waals surface area contributed by atoms with E-state index in [0.29, 0.717) is 18.8 Å². The van der Waals surface area contributed by atoms with Gasteiger partial charge in [0.25, 0.3) is 0 Å². The molecule has 0 radical (unpaired) electrons. The maximum Gasteiger partial charge on any atom is 0.340 e. The summed E-state index contributed by atoms with van der Waals surface area (Å²) in [7, 11) is 0. The number of aryl methyl sites for hydroxylation is 1. The third kappa shape index (κ3) is 3.00. The fourth-order valence-electron chi connectivity index (χ4n) is 3.24. The predicted octanol–water partition coefficient (Wildman–Crippen LogP) is 4.82. The first-order chi connectivity index (χ1) is 12.1. The van der Waals surface area contributed by atoms with Gasteiger partial charge >= 0.3 is 5.97 Å². The van der Waals surface area contributed by atoms with Crippen LogP contribution in [0.4, 0.5) is 0 Å². The standard InChI is InChI=1S/C21H23NO3/c1-5-24-16-11-12-19-17(13-16)20(21(23)25-6-2)15(4)22(19)18-10-8-7-9-14(18)3/h7-13H,5-6H2,1-4H3. The second-order valence-electron chi connectivity index (χ2n) is 5.91. The second kappa shape index (κ2) is 7.01. The topological polar surface area (TPSA) is 40.5 Å². The van der Waals surface area contributed by atoms with E-state index in [-0.39, 0.29) is 5.97 Å². The summed E-state index contributed by atoms with van der Waals surface area (Å²) in [6.07, 6.45) is 0. The third-order valence-corrected chi connectivity index (χ3v) is 4.32. The van der Waals surface area contributed by atoms with Crippen LogP contribution in [0.2, 0.25) is 0 Å². The fourth-order valence-corrected chi connectivity index (χ4v) is 3.24. The van der Waals surface area contributed by atoms with E-state index in [9.17, 15) is 4.79 Å². The molecule has 0 aliphatic heterocycles. The summed E-state index contributed by atoms with van der Waals surface area (Å²) < 4.78 is 13.0. The van der Waals surface area contributed by atoms with Crippen molar-refractivity contribution < 1.29 is 14.3 Å². The number of esters is 1. The van der Waals surface area contributed by atoms with E-state index < -0.39 is 0 Å². The molecule has 0 bridgehead atoms. The molecule has 2 aromatic carbocycles. The lowest BCUT2D eigenvalue weighted by Gasteiger charge is -2.12. The van der Waals surface area contributed by atoms with Crippen LogP contribution in [0.3, 0.4) is 0 Å². The number of hydrogen-bond acceptors (Lipinski definition) is 3. The number of carbonyl (C=O) groups is 1. The summed E-state index contributed by atoms with van der Waals surface area (Å²) in [6, 6.07) is 14.0. The number of fused-ring (bicyclic) bond motifs is 1. The Balaban J connectivity index is 2.33. The van der Waals surface area contributed by atoms with Crippen LogP contribution in [-0.2, 0) is 4.74 Å². The van der Waals surface area contributed by atoms with Crippen LogP contribution in [0.25, 0.3) is 16.6 Å². The number of hydrogen-bond donors (Lipinski definition) is 0. The zero-order valence-electron chi connectivity index (χ0n) is 15.1. The monoisotopic (exact) mass is 337 g/mol. The fraction of sp³-hybridized carbons (Fsp3) is 0.286. The molecule has 0 aliphatic carbocycles. The van der Waals surface area contributed by atoms with Gasteiger partial charge in [0, 0.05) is 16.8 Å². The Morgan fingerprint density at radius 1 is 1.04 bits per heavy atom. The average molecular weight is 337 g/mol. The molecule has 0 fully saturated rings. The van der Waals surface area contributed by atoms with Crippen molar-refractivity contribution in [1.82, 2.24) is 4.57 Å². The normalized spacial score (nSPS) is 10.9. The van der Waals surface area contributed by atoms with Gasteiger partial charge in [0.15, 0.2) is 0 Å². The Labute approximate surface area is 148 Å². The van der Waals surface area contributed by atoms with Gasteiger partial charge < -0.3 is 14.0 Å². The third-order valence-electron chi connectivity index (χ3n) is 4.32. The molecule has 4 heteroatoms. The lowest BCUT2D eigenvalue weighted by molar-refractivity contribution is 0.0527. The highest BCUT2D eigenvalue weighted by atomic mass is 16.5. The lowest BCUT2D eigenvalue weighted by Crippen LogP contribution is -2.07. The molecule has 0 unspecified atom stereocenters. The summed E-state index contributed by atoms with van der Waals surface area (Å²) in [5.41, 5.74) is 4.65. The first-order valence-corrected chi connectivity index (χ1v) is 8.59. The van der Waals surface area contributed by atoms with Crippen molar-refractivity contribution in [3.8, 4) is 11.4 Å². The summed E-state index contributed by atoms with van der Waals surface area (Å²) >= 11 is 0. The Morgan fingerprint density at radius 2 is 1.80 bits per heavy atom. The molecule has 0 saturated carbocycles. The van der Waals surface area contributed by atoms with E-state index in [0.717, 1.165) is 33.6 Å². The first kappa shape index (κ1) is 17.1. The molecule has 0 amide bonds. The van der Waals surface area contributed by atoms with Crippen LogP contribution in [0.5, 0.6) is 5.75 Å². The molecule has 0 aliphatic rings. The number of ether oxygens (including phenoxy) is 2. The molecule has 1 aromatic heterocycles. The van der Waals surface area contributed by atoms with Gasteiger partial charge in [-0.05, 0) is 57.5 Å². The van der Waals surface area contributed by atoms with Crippen molar-refractivity contribution in [3.05, 3.63) is 59.3 Å². The van der Waals surface area contributed by atoms with E-state index in [1.165, 1.54) is 0 Å². The number of benzene rings is 2. The van der Waals surface area contributed by atoms with E-state index in [2.05, 4.69) is 23.6 Å². The minimum absolute atomic E-state index is 0.300. The summed E-state index contributed by atoms with van der Waals surface area (Å²) in [5.74, 6) is 0.452. The molecule has 0 N–H and O–H groups in total. The molecular weight excluding hydrogens is 314 g/mol. The van der Waals surface area contributed by atoms with Gasteiger partial charge in [-0.2, -0.15) is 0 Å². The van der Waals surface area contributed by atoms with Crippen molar-refractivity contribution in [3.63, 3.8) is 0 Å². The van der Waals surface area contributed by atoms with Gasteiger partial charge in [0.1, 0.15) is 5.75 Å². The van der Waals surface area contributed by atoms with E-state index in [1.54, 1.807) is 0 Å². The van der Waals surface area contributed by atoms with Gasteiger partial charge in [-0.15, -0.1) is 0 Å². The summed E-state index contributed by atoms with van der Waals surface area (Å²) in [6.45, 7) is 8.72. The Kier molecular flexibility index (Phi) is 4.79. The highest BCUT2D eigenvalue weighted by Crippen LogP contribution is 2.33. The van der Waals surface area contributed by atoms with Crippen molar-refractivity contribution >= 4 is 16.9 Å². The molecule has 0 saturated heterocycles. The zero-order chi connectivity index (χ0) is 18.0. The number of rotatable bonds is 5. The Morgan fingerprint density at radius 3 is 2.48 bits per heavy atom. The quantitative estimate of drug-likeness (QED) is 0.627. The number of nitrogens with zero attached hydrogens (tertiary/aromatic N) is 1. The van der Waals surface area contributed by atoms with Crippen LogP contribution >= 0.6 is 0 Å². The minimum atomic E-state index is -0.300. The molecule has 130 valence electrons. The maximum absolute atomic E-state index is 12.6. The number of para-hydroxylation sites is 1. The Hall–Kier alpha value is -2.75. The van der Waals surface area contributed by atoms with Crippen LogP contribution < -0.4 is 4.74 Å². The molecule has 0 spiro atoms. The highest BCUT2D eigenvalue weighted by Gasteiger charge is 2.22. The van der Waals surface area contributed by atoms with E-state index in [1.807, 2.05) is 51.1 Å². The summed E-state index contributed by atoms with van der Waals surface area (Å²) in [4.78, 5) is 12.6. The molecule has 4 nitrogen and oxygen atoms in total. The molecule has 1 heterocycles. The minimum Gasteiger partial charge on any atom is -0.494 e. The number of carbonyl (C=O) groups excluding carboxylic acids is 1. The molecule has 0 atom stereocenters. The van der Waals surface area contributed by atoms with E-state index in [4.69, 9.17) is 9.47 Å². The lowest BCUT2D eigenvalue weighted by atomic mass is 10.1. The average Bonchev–Trinajstić information content (AvgIpc) is 2.87. The van der Waals surface area contributed by atoms with Gasteiger partial charge in [0.05, 0.1) is 24.3 Å². The summed E-state index contributed by atoms with van der Waals surface area (Å²) in [5, 5.41) is 0.852.